The number of pyridine rings is 3. The van der Waals surface area contributed by atoms with E-state index >= 15 is 0 Å². The smallest absolute Gasteiger partial charge is 0.275 e. The fraction of sp³-hybridized carbons (Fsp3) is 0.0588. The number of nitrogens with zero attached hydrogens (tertiary/aromatic N) is 3. The molecule has 1 amide bonds. The topological polar surface area (TPSA) is 67.8 Å². The van der Waals surface area contributed by atoms with Crippen molar-refractivity contribution in [3.63, 3.8) is 0 Å². The summed E-state index contributed by atoms with van der Waals surface area (Å²) in [5.74, 6) is 0.208. The van der Waals surface area contributed by atoms with Crippen LogP contribution < -0.4 is 5.32 Å². The first-order valence-corrected chi connectivity index (χ1v) is 6.83. The molecule has 0 radical (unpaired) electrons. The molecule has 0 spiro atoms. The Bertz CT molecular complexity index is 803. The normalized spacial score (nSPS) is 10.2. The number of aromatic nitrogens is 3. The van der Waals surface area contributed by atoms with E-state index in [0.29, 0.717) is 11.5 Å². The van der Waals surface area contributed by atoms with E-state index in [1.165, 1.54) is 0 Å². The Kier molecular flexibility index (Phi) is 3.87. The van der Waals surface area contributed by atoms with E-state index in [2.05, 4.69) is 20.3 Å². The number of hydrogen-bond acceptors (Lipinski definition) is 4. The molecule has 3 aromatic heterocycles. The van der Waals surface area contributed by atoms with Crippen LogP contribution in [0.4, 0.5) is 5.82 Å². The molecule has 0 aliphatic heterocycles. The van der Waals surface area contributed by atoms with Gasteiger partial charge in [0, 0.05) is 30.4 Å². The predicted octanol–water partition coefficient (Wildman–Crippen LogP) is 3.10. The van der Waals surface area contributed by atoms with Crippen molar-refractivity contribution in [2.45, 2.75) is 6.92 Å². The van der Waals surface area contributed by atoms with Crippen LogP contribution in [-0.2, 0) is 0 Å². The van der Waals surface area contributed by atoms with Gasteiger partial charge in [0.25, 0.3) is 5.91 Å². The zero-order chi connectivity index (χ0) is 15.4. The summed E-state index contributed by atoms with van der Waals surface area (Å²) in [5, 5.41) is 2.72. The lowest BCUT2D eigenvalue weighted by Gasteiger charge is -2.07. The Morgan fingerprint density at radius 3 is 2.73 bits per heavy atom. The highest BCUT2D eigenvalue weighted by Crippen LogP contribution is 2.22. The molecule has 0 saturated heterocycles. The summed E-state index contributed by atoms with van der Waals surface area (Å²) in [7, 11) is 0. The van der Waals surface area contributed by atoms with Gasteiger partial charge in [0.2, 0.25) is 0 Å². The van der Waals surface area contributed by atoms with Crippen molar-refractivity contribution in [1.29, 1.82) is 0 Å². The van der Waals surface area contributed by atoms with Crippen molar-refractivity contribution in [2.24, 2.45) is 0 Å². The highest BCUT2D eigenvalue weighted by Gasteiger charge is 2.10. The Balaban J connectivity index is 1.88. The second kappa shape index (κ2) is 6.13. The average molecular weight is 290 g/mol. The highest BCUT2D eigenvalue weighted by molar-refractivity contribution is 6.02. The van der Waals surface area contributed by atoms with Crippen LogP contribution >= 0.6 is 0 Å². The summed E-state index contributed by atoms with van der Waals surface area (Å²) in [6.45, 7) is 2.01. The lowest BCUT2D eigenvalue weighted by Crippen LogP contribution is -2.14. The van der Waals surface area contributed by atoms with Gasteiger partial charge in [-0.25, -0.2) is 4.98 Å². The third-order valence-corrected chi connectivity index (χ3v) is 3.25. The van der Waals surface area contributed by atoms with Gasteiger partial charge < -0.3 is 5.32 Å². The minimum Gasteiger partial charge on any atom is -0.305 e. The number of carbonyl (C=O) groups excluding carboxylic acids is 1. The quantitative estimate of drug-likeness (QED) is 0.804. The van der Waals surface area contributed by atoms with E-state index in [0.717, 1.165) is 16.7 Å². The van der Waals surface area contributed by atoms with Crippen LogP contribution in [0.1, 0.15) is 16.1 Å². The molecule has 0 unspecified atom stereocenters. The number of rotatable bonds is 3. The van der Waals surface area contributed by atoms with Crippen molar-refractivity contribution in [2.75, 3.05) is 5.32 Å². The zero-order valence-corrected chi connectivity index (χ0v) is 12.0. The van der Waals surface area contributed by atoms with Crippen molar-refractivity contribution >= 4 is 11.7 Å². The van der Waals surface area contributed by atoms with Gasteiger partial charge in [-0.1, -0.05) is 6.07 Å². The van der Waals surface area contributed by atoms with Crippen molar-refractivity contribution in [1.82, 2.24) is 15.0 Å². The third-order valence-electron chi connectivity index (χ3n) is 3.25. The van der Waals surface area contributed by atoms with E-state index in [1.807, 2.05) is 25.1 Å². The minimum atomic E-state index is -0.290. The first-order chi connectivity index (χ1) is 10.7. The van der Waals surface area contributed by atoms with Crippen LogP contribution in [0.5, 0.6) is 0 Å². The molecule has 0 atom stereocenters. The number of nitrogens with one attached hydrogen (secondary N) is 1. The van der Waals surface area contributed by atoms with Crippen LogP contribution in [0.3, 0.4) is 0 Å². The maximum atomic E-state index is 12.3. The van der Waals surface area contributed by atoms with E-state index in [1.54, 1.807) is 43.0 Å². The van der Waals surface area contributed by atoms with E-state index < -0.39 is 0 Å². The molecule has 3 heterocycles. The molecule has 5 nitrogen and oxygen atoms in total. The minimum absolute atomic E-state index is 0.290. The van der Waals surface area contributed by atoms with Crippen molar-refractivity contribution in [3.8, 4) is 11.1 Å². The van der Waals surface area contributed by atoms with Gasteiger partial charge >= 0.3 is 0 Å². The van der Waals surface area contributed by atoms with Gasteiger partial charge in [0.15, 0.2) is 0 Å². The summed E-state index contributed by atoms with van der Waals surface area (Å²) < 4.78 is 0. The first-order valence-electron chi connectivity index (χ1n) is 6.83. The zero-order valence-electron chi connectivity index (χ0n) is 12.0. The maximum absolute atomic E-state index is 12.3. The molecule has 108 valence electrons. The summed E-state index contributed by atoms with van der Waals surface area (Å²) in [6.07, 6.45) is 6.77. The second-order valence-electron chi connectivity index (χ2n) is 4.79. The number of amides is 1. The molecule has 0 aliphatic carbocycles. The number of carbonyl (C=O) groups is 1. The van der Waals surface area contributed by atoms with E-state index in [9.17, 15) is 4.79 Å². The predicted molar refractivity (Wildman–Crippen MR) is 84.4 cm³/mol. The first kappa shape index (κ1) is 13.9. The van der Waals surface area contributed by atoms with E-state index in [-0.39, 0.29) is 5.91 Å². The van der Waals surface area contributed by atoms with Crippen LogP contribution in [0, 0.1) is 6.92 Å². The van der Waals surface area contributed by atoms with Gasteiger partial charge in [0.1, 0.15) is 11.5 Å². The molecular formula is C17H14N4O. The number of hydrogen-bond donors (Lipinski definition) is 1. The standard InChI is InChI=1S/C17H14N4O/c1-12-5-8-18-11-14(12)13-6-9-19-15(10-13)17(22)21-16-4-2-3-7-20-16/h2-11H,1H3,(H,20,21,22). The third kappa shape index (κ3) is 2.98. The SMILES string of the molecule is Cc1ccncc1-c1ccnc(C(=O)Nc2ccccn2)c1. The van der Waals surface area contributed by atoms with Crippen LogP contribution in [-0.4, -0.2) is 20.9 Å². The molecule has 0 fully saturated rings. The fourth-order valence-electron chi connectivity index (χ4n) is 2.11. The van der Waals surface area contributed by atoms with Gasteiger partial charge in [-0.2, -0.15) is 0 Å². The molecular weight excluding hydrogens is 276 g/mol. The Hall–Kier alpha value is -3.08. The van der Waals surface area contributed by atoms with Gasteiger partial charge in [-0.3, -0.25) is 14.8 Å². The molecule has 0 aromatic carbocycles. The largest absolute Gasteiger partial charge is 0.305 e. The molecule has 1 N–H and O–H groups in total. The Morgan fingerprint density at radius 1 is 1.05 bits per heavy atom. The molecule has 22 heavy (non-hydrogen) atoms. The van der Waals surface area contributed by atoms with Crippen LogP contribution in [0.25, 0.3) is 11.1 Å². The van der Waals surface area contributed by atoms with E-state index in [4.69, 9.17) is 0 Å². The maximum Gasteiger partial charge on any atom is 0.275 e. The molecule has 0 bridgehead atoms. The summed E-state index contributed by atoms with van der Waals surface area (Å²) in [6, 6.07) is 10.9. The monoisotopic (exact) mass is 290 g/mol. The molecule has 0 aliphatic rings. The summed E-state index contributed by atoms with van der Waals surface area (Å²) in [5.41, 5.74) is 3.33. The fourth-order valence-corrected chi connectivity index (χ4v) is 2.11. The molecule has 0 saturated carbocycles. The lowest BCUT2D eigenvalue weighted by molar-refractivity contribution is 0.102. The molecule has 3 rings (SSSR count). The van der Waals surface area contributed by atoms with Crippen LogP contribution in [0.15, 0.2) is 61.2 Å². The van der Waals surface area contributed by atoms with Gasteiger partial charge in [-0.05, 0) is 48.4 Å². The van der Waals surface area contributed by atoms with Gasteiger partial charge in [-0.15, -0.1) is 0 Å². The average Bonchev–Trinajstić information content (AvgIpc) is 2.56. The summed E-state index contributed by atoms with van der Waals surface area (Å²) in [4.78, 5) is 24.6. The summed E-state index contributed by atoms with van der Waals surface area (Å²) >= 11 is 0. The van der Waals surface area contributed by atoms with Crippen LogP contribution in [0.2, 0.25) is 0 Å². The Labute approximate surface area is 128 Å². The number of aryl methyl sites for hydroxylation is 1. The van der Waals surface area contributed by atoms with Gasteiger partial charge in [0.05, 0.1) is 0 Å². The number of anilines is 1. The van der Waals surface area contributed by atoms with Crippen molar-refractivity contribution < 1.29 is 4.79 Å². The Morgan fingerprint density at radius 2 is 1.95 bits per heavy atom. The second-order valence-corrected chi connectivity index (χ2v) is 4.79. The highest BCUT2D eigenvalue weighted by atomic mass is 16.1. The lowest BCUT2D eigenvalue weighted by atomic mass is 10.0. The molecule has 5 heteroatoms. The van der Waals surface area contributed by atoms with Crippen molar-refractivity contribution in [3.05, 3.63) is 72.4 Å². The molecule has 3 aromatic rings.